The Morgan fingerprint density at radius 3 is 2.58 bits per heavy atom. The molecule has 174 valence electrons. The van der Waals surface area contributed by atoms with Crippen LogP contribution in [-0.4, -0.2) is 51.7 Å². The molecule has 2 N–H and O–H groups in total. The molecule has 6 rings (SSSR count). The number of carbonyl (C=O) groups excluding carboxylic acids is 1. The van der Waals surface area contributed by atoms with E-state index in [0.717, 1.165) is 55.9 Å². The van der Waals surface area contributed by atoms with Crippen LogP contribution in [0.5, 0.6) is 0 Å². The van der Waals surface area contributed by atoms with Gasteiger partial charge in [-0.1, -0.05) is 13.8 Å². The van der Waals surface area contributed by atoms with E-state index in [1.807, 2.05) is 0 Å². The predicted octanol–water partition coefficient (Wildman–Crippen LogP) is 3.89. The monoisotopic (exact) mass is 429 g/mol. The van der Waals surface area contributed by atoms with Crippen LogP contribution < -0.4 is 0 Å². The zero-order valence-electron chi connectivity index (χ0n) is 19.8. The molecule has 2 saturated heterocycles. The van der Waals surface area contributed by atoms with Crippen molar-refractivity contribution in [1.82, 2.24) is 4.90 Å². The number of piperidine rings is 2. The van der Waals surface area contributed by atoms with Gasteiger partial charge in [-0.05, 0) is 105 Å². The van der Waals surface area contributed by atoms with E-state index in [0.29, 0.717) is 36.0 Å². The second kappa shape index (κ2) is 7.03. The quantitative estimate of drug-likeness (QED) is 0.613. The lowest BCUT2D eigenvalue weighted by atomic mass is 9.51. The van der Waals surface area contributed by atoms with Crippen LogP contribution in [0.1, 0.15) is 78.6 Å². The van der Waals surface area contributed by atoms with Gasteiger partial charge < -0.3 is 10.2 Å². The number of aliphatic hydroxyl groups is 2. The van der Waals surface area contributed by atoms with Gasteiger partial charge >= 0.3 is 0 Å². The number of rotatable bonds is 0. The fraction of sp³-hybridized carbons (Fsp3) is 0.963. The van der Waals surface area contributed by atoms with Crippen molar-refractivity contribution in [3.05, 3.63) is 0 Å². The number of nitrogens with zero attached hydrogens (tertiary/aromatic N) is 1. The molecule has 4 heteroatoms. The van der Waals surface area contributed by atoms with E-state index in [9.17, 15) is 15.0 Å². The van der Waals surface area contributed by atoms with Crippen LogP contribution in [0.3, 0.4) is 0 Å². The van der Waals surface area contributed by atoms with Crippen molar-refractivity contribution in [1.29, 1.82) is 0 Å². The van der Waals surface area contributed by atoms with E-state index < -0.39 is 5.60 Å². The first kappa shape index (κ1) is 21.1. The molecule has 4 nitrogen and oxygen atoms in total. The predicted molar refractivity (Wildman–Crippen MR) is 120 cm³/mol. The molecule has 0 spiro atoms. The molecule has 2 heterocycles. The second-order valence-electron chi connectivity index (χ2n) is 13.4. The minimum Gasteiger partial charge on any atom is -0.393 e. The number of Topliss-reactive ketones (excluding diaryl/α,β-unsaturated/α-hetero) is 1. The van der Waals surface area contributed by atoms with Crippen molar-refractivity contribution in [3.8, 4) is 0 Å². The third-order valence-electron chi connectivity index (χ3n) is 11.6. The third-order valence-corrected chi connectivity index (χ3v) is 11.6. The molecule has 0 aromatic carbocycles. The van der Waals surface area contributed by atoms with Gasteiger partial charge in [-0.25, -0.2) is 0 Å². The highest BCUT2D eigenvalue weighted by molar-refractivity contribution is 5.83. The van der Waals surface area contributed by atoms with Crippen LogP contribution in [0.15, 0.2) is 0 Å². The van der Waals surface area contributed by atoms with Crippen molar-refractivity contribution in [2.45, 2.75) is 96.3 Å². The van der Waals surface area contributed by atoms with Gasteiger partial charge in [-0.15, -0.1) is 0 Å². The topological polar surface area (TPSA) is 60.8 Å². The number of fused-ring (bicyclic) bond motifs is 8. The molecule has 0 aromatic heterocycles. The molecule has 4 saturated carbocycles. The molecule has 0 bridgehead atoms. The molecule has 2 aliphatic heterocycles. The maximum Gasteiger partial charge on any atom is 0.136 e. The zero-order valence-corrected chi connectivity index (χ0v) is 19.8. The van der Waals surface area contributed by atoms with Crippen LogP contribution in [-0.2, 0) is 4.79 Å². The molecular weight excluding hydrogens is 386 g/mol. The average molecular weight is 430 g/mol. The summed E-state index contributed by atoms with van der Waals surface area (Å²) in [5, 5.41) is 21.5. The number of hydrogen-bond acceptors (Lipinski definition) is 4. The van der Waals surface area contributed by atoms with Gasteiger partial charge in [0.2, 0.25) is 0 Å². The highest BCUT2D eigenvalue weighted by atomic mass is 16.3. The van der Waals surface area contributed by atoms with Crippen LogP contribution >= 0.6 is 0 Å². The molecule has 0 radical (unpaired) electrons. The molecular formula is C27H43NO3. The third kappa shape index (κ3) is 3.06. The van der Waals surface area contributed by atoms with Gasteiger partial charge in [0.15, 0.2) is 0 Å². The number of carbonyl (C=O) groups is 1. The summed E-state index contributed by atoms with van der Waals surface area (Å²) in [7, 11) is 0. The Balaban J connectivity index is 1.27. The van der Waals surface area contributed by atoms with E-state index in [4.69, 9.17) is 0 Å². The lowest BCUT2D eigenvalue weighted by Gasteiger charge is -2.57. The Hall–Kier alpha value is -0.450. The summed E-state index contributed by atoms with van der Waals surface area (Å²) in [5.41, 5.74) is -0.425. The SMILES string of the molecule is C[C@@H]1CN2C[C@@H]3[C@@H](CC[C@@H]4[C@H]3C[C@@H]3[C@H]4CC(=O)[C@H]4C[C@@H](O)CC[C@@]43C)C[C@@H]2[C@](C)(O)C1. The number of hydrogen-bond donors (Lipinski definition) is 2. The zero-order chi connectivity index (χ0) is 21.7. The van der Waals surface area contributed by atoms with Gasteiger partial charge in [0, 0.05) is 31.5 Å². The fourth-order valence-corrected chi connectivity index (χ4v) is 10.4. The van der Waals surface area contributed by atoms with Gasteiger partial charge in [-0.3, -0.25) is 9.69 Å². The van der Waals surface area contributed by atoms with Crippen molar-refractivity contribution in [2.75, 3.05) is 13.1 Å². The Morgan fingerprint density at radius 1 is 0.968 bits per heavy atom. The summed E-state index contributed by atoms with van der Waals surface area (Å²) in [4.78, 5) is 15.9. The number of aliphatic hydroxyl groups excluding tert-OH is 1. The van der Waals surface area contributed by atoms with Gasteiger partial charge in [-0.2, -0.15) is 0 Å². The lowest BCUT2D eigenvalue weighted by molar-refractivity contribution is -0.146. The maximum atomic E-state index is 13.2. The summed E-state index contributed by atoms with van der Waals surface area (Å²) in [6.45, 7) is 9.11. The highest BCUT2D eigenvalue weighted by Gasteiger charge is 2.62. The summed E-state index contributed by atoms with van der Waals surface area (Å²) in [6.07, 6.45) is 9.18. The molecule has 0 amide bonds. The average Bonchev–Trinajstić information content (AvgIpc) is 3.08. The first-order chi connectivity index (χ1) is 14.7. The lowest BCUT2D eigenvalue weighted by Crippen LogP contribution is -2.63. The molecule has 12 atom stereocenters. The summed E-state index contributed by atoms with van der Waals surface area (Å²) in [5.74, 6) is 5.43. The minimum atomic E-state index is -0.542. The Labute approximate surface area is 188 Å². The van der Waals surface area contributed by atoms with Crippen LogP contribution in [0, 0.1) is 52.8 Å². The van der Waals surface area contributed by atoms with Crippen LogP contribution in [0.2, 0.25) is 0 Å². The Kier molecular flexibility index (Phi) is 4.78. The molecule has 0 aromatic rings. The number of ketones is 1. The molecule has 6 fully saturated rings. The van der Waals surface area contributed by atoms with E-state index in [-0.39, 0.29) is 17.4 Å². The van der Waals surface area contributed by atoms with E-state index in [1.54, 1.807) is 0 Å². The molecule has 6 aliphatic rings. The van der Waals surface area contributed by atoms with Gasteiger partial charge in [0.25, 0.3) is 0 Å². The van der Waals surface area contributed by atoms with Gasteiger partial charge in [0.1, 0.15) is 5.78 Å². The summed E-state index contributed by atoms with van der Waals surface area (Å²) >= 11 is 0. The molecule has 0 unspecified atom stereocenters. The largest absolute Gasteiger partial charge is 0.393 e. The fourth-order valence-electron chi connectivity index (χ4n) is 10.4. The van der Waals surface area contributed by atoms with Crippen molar-refractivity contribution >= 4 is 5.78 Å². The Bertz CT molecular complexity index is 751. The van der Waals surface area contributed by atoms with Crippen molar-refractivity contribution in [3.63, 3.8) is 0 Å². The van der Waals surface area contributed by atoms with Crippen molar-refractivity contribution in [2.24, 2.45) is 52.8 Å². The second-order valence-corrected chi connectivity index (χ2v) is 13.4. The maximum absolute atomic E-state index is 13.2. The van der Waals surface area contributed by atoms with E-state index in [1.165, 1.54) is 32.2 Å². The molecule has 4 aliphatic carbocycles. The minimum absolute atomic E-state index is 0.0993. The van der Waals surface area contributed by atoms with E-state index >= 15 is 0 Å². The smallest absolute Gasteiger partial charge is 0.136 e. The molecule has 31 heavy (non-hydrogen) atoms. The first-order valence-corrected chi connectivity index (χ1v) is 13.3. The Morgan fingerprint density at radius 2 is 1.77 bits per heavy atom. The van der Waals surface area contributed by atoms with Crippen LogP contribution in [0.25, 0.3) is 0 Å². The normalized spacial score (nSPS) is 59.2. The van der Waals surface area contributed by atoms with E-state index in [2.05, 4.69) is 25.7 Å². The highest BCUT2D eigenvalue weighted by Crippen LogP contribution is 2.66. The van der Waals surface area contributed by atoms with Crippen LogP contribution in [0.4, 0.5) is 0 Å². The van der Waals surface area contributed by atoms with Crippen molar-refractivity contribution < 1.29 is 15.0 Å². The summed E-state index contributed by atoms with van der Waals surface area (Å²) < 4.78 is 0. The summed E-state index contributed by atoms with van der Waals surface area (Å²) in [6, 6.07) is 0.341. The van der Waals surface area contributed by atoms with Gasteiger partial charge in [0.05, 0.1) is 11.7 Å². The standard InChI is InChI=1S/C27H43NO3/c1-15-12-27(3,31)25-8-16-4-5-18-19(21(16)14-28(25)13-15)10-22-20(18)11-24(30)23-9-17(29)6-7-26(22,23)2/h15-23,25,29,31H,4-14H2,1-3H3/t15-,16-,17-,18+,19+,20-,21+,22+,23+,25+,26+,27+/m0/s1. The first-order valence-electron chi connectivity index (χ1n) is 13.3.